The third-order valence-corrected chi connectivity index (χ3v) is 12.8. The molecular formula is C62H38N4. The molecule has 4 heteroatoms. The molecule has 0 aliphatic rings. The highest BCUT2D eigenvalue weighted by molar-refractivity contribution is 6.12. The number of hydrogen-bond donors (Lipinski definition) is 0. The van der Waals surface area contributed by atoms with Crippen molar-refractivity contribution in [2.24, 2.45) is 0 Å². The lowest BCUT2D eigenvalue weighted by Crippen LogP contribution is -2.00. The van der Waals surface area contributed by atoms with Crippen LogP contribution in [0, 0.1) is 11.3 Å². The lowest BCUT2D eigenvalue weighted by atomic mass is 9.92. The lowest BCUT2D eigenvalue weighted by molar-refractivity contribution is 1.08. The normalized spacial score (nSPS) is 11.3. The van der Waals surface area contributed by atoms with Crippen molar-refractivity contribution in [3.05, 3.63) is 236 Å². The second-order valence-corrected chi connectivity index (χ2v) is 16.7. The fourth-order valence-corrected chi connectivity index (χ4v) is 9.38. The SMILES string of the molecule is N#Cc1ccc(-c2cccc(-c3cccc(-c4nc(-c5ccccc5)nc(-c5cccc6c5ccc5ccccc56)n4)c3)c2)cc1-c1ccc(-c2ccc3ccc4ccccc4c3c2)cc1. The van der Waals surface area contributed by atoms with Gasteiger partial charge in [-0.15, -0.1) is 0 Å². The molecule has 12 aromatic rings. The quantitative estimate of drug-likeness (QED) is 0.150. The molecule has 1 aromatic heterocycles. The number of fused-ring (bicyclic) bond motifs is 6. The molecule has 0 bridgehead atoms. The largest absolute Gasteiger partial charge is 0.208 e. The van der Waals surface area contributed by atoms with Crippen LogP contribution in [0.2, 0.25) is 0 Å². The fraction of sp³-hybridized carbons (Fsp3) is 0. The first-order chi connectivity index (χ1) is 32.6. The van der Waals surface area contributed by atoms with Gasteiger partial charge in [-0.3, -0.25) is 0 Å². The van der Waals surface area contributed by atoms with Crippen LogP contribution in [0.25, 0.3) is 122 Å². The molecule has 0 fully saturated rings. The van der Waals surface area contributed by atoms with Gasteiger partial charge < -0.3 is 0 Å². The second kappa shape index (κ2) is 16.3. The summed E-state index contributed by atoms with van der Waals surface area (Å²) in [5, 5.41) is 19.9. The number of nitrogens with zero attached hydrogens (tertiary/aromatic N) is 4. The maximum Gasteiger partial charge on any atom is 0.164 e. The molecule has 0 atom stereocenters. The Morgan fingerprint density at radius 3 is 1.45 bits per heavy atom. The van der Waals surface area contributed by atoms with Crippen LogP contribution in [0.1, 0.15) is 5.56 Å². The molecular weight excluding hydrogens is 801 g/mol. The minimum absolute atomic E-state index is 0.603. The first-order valence-electron chi connectivity index (χ1n) is 22.1. The summed E-state index contributed by atoms with van der Waals surface area (Å²) in [5.74, 6) is 1.85. The van der Waals surface area contributed by atoms with Gasteiger partial charge in [-0.25, -0.2) is 15.0 Å². The first-order valence-corrected chi connectivity index (χ1v) is 22.1. The fourth-order valence-electron chi connectivity index (χ4n) is 9.38. The standard InChI is InChI=1S/C62H38N4/c63-39-52-32-31-50(37-58(52)43-25-23-40(24-26-43)49-30-29-44-28-27-41-11-5-7-20-54(41)59(44)38-49)47-16-8-15-46(35-47)48-17-9-18-51(36-48)61-64-60(45-13-2-1-3-14-45)65-62(66-61)57-22-10-21-55-53-19-6-4-12-42(53)33-34-56(55)57/h1-38H. The molecule has 0 unspecified atom stereocenters. The minimum Gasteiger partial charge on any atom is -0.208 e. The van der Waals surface area contributed by atoms with Crippen LogP contribution in [0.15, 0.2) is 231 Å². The highest BCUT2D eigenvalue weighted by Gasteiger charge is 2.16. The number of rotatable bonds is 7. The Labute approximate surface area is 382 Å². The maximum atomic E-state index is 10.3. The van der Waals surface area contributed by atoms with E-state index in [2.05, 4.69) is 194 Å². The van der Waals surface area contributed by atoms with E-state index in [4.69, 9.17) is 15.0 Å². The Balaban J connectivity index is 0.887. The number of nitriles is 1. The van der Waals surface area contributed by atoms with Crippen LogP contribution in [0.5, 0.6) is 0 Å². The summed E-state index contributed by atoms with van der Waals surface area (Å²) in [6, 6.07) is 83.0. The summed E-state index contributed by atoms with van der Waals surface area (Å²) in [4.78, 5) is 15.4. The summed E-state index contributed by atoms with van der Waals surface area (Å²) in [6.45, 7) is 0. The van der Waals surface area contributed by atoms with E-state index in [-0.39, 0.29) is 0 Å². The van der Waals surface area contributed by atoms with Crippen molar-refractivity contribution in [2.45, 2.75) is 0 Å². The van der Waals surface area contributed by atoms with Crippen LogP contribution in [0.3, 0.4) is 0 Å². The molecule has 0 N–H and O–H groups in total. The van der Waals surface area contributed by atoms with Gasteiger partial charge in [0.05, 0.1) is 11.6 Å². The molecule has 4 nitrogen and oxygen atoms in total. The van der Waals surface area contributed by atoms with Gasteiger partial charge in [0.25, 0.3) is 0 Å². The maximum absolute atomic E-state index is 10.3. The molecule has 0 spiro atoms. The third kappa shape index (κ3) is 7.02. The molecule has 306 valence electrons. The van der Waals surface area contributed by atoms with Crippen LogP contribution >= 0.6 is 0 Å². The molecule has 0 aliphatic heterocycles. The first kappa shape index (κ1) is 38.6. The Hall–Kier alpha value is -9.04. The van der Waals surface area contributed by atoms with Crippen LogP contribution in [0.4, 0.5) is 0 Å². The predicted molar refractivity (Wildman–Crippen MR) is 273 cm³/mol. The van der Waals surface area contributed by atoms with Crippen molar-refractivity contribution in [1.29, 1.82) is 5.26 Å². The smallest absolute Gasteiger partial charge is 0.164 e. The lowest BCUT2D eigenvalue weighted by Gasteiger charge is -2.13. The van der Waals surface area contributed by atoms with Gasteiger partial charge in [0.2, 0.25) is 0 Å². The van der Waals surface area contributed by atoms with Gasteiger partial charge in [-0.05, 0) is 112 Å². The Kier molecular flexibility index (Phi) is 9.51. The molecule has 0 aliphatic carbocycles. The predicted octanol–water partition coefficient (Wildman–Crippen LogP) is 16.0. The van der Waals surface area contributed by atoms with E-state index in [1.165, 1.54) is 32.3 Å². The van der Waals surface area contributed by atoms with E-state index in [0.29, 0.717) is 23.0 Å². The van der Waals surface area contributed by atoms with Gasteiger partial charge >= 0.3 is 0 Å². The summed E-state index contributed by atoms with van der Waals surface area (Å²) in [7, 11) is 0. The van der Waals surface area contributed by atoms with E-state index in [1.54, 1.807) is 0 Å². The topological polar surface area (TPSA) is 62.5 Å². The number of hydrogen-bond acceptors (Lipinski definition) is 4. The van der Waals surface area contributed by atoms with Crippen molar-refractivity contribution >= 4 is 43.1 Å². The average molecular weight is 839 g/mol. The third-order valence-electron chi connectivity index (χ3n) is 12.8. The summed E-state index contributed by atoms with van der Waals surface area (Å²) in [6.07, 6.45) is 0. The van der Waals surface area contributed by atoms with Crippen LogP contribution in [-0.2, 0) is 0 Å². The number of aromatic nitrogens is 3. The van der Waals surface area contributed by atoms with Gasteiger partial charge in [-0.1, -0.05) is 200 Å². The van der Waals surface area contributed by atoms with Gasteiger partial charge in [0.15, 0.2) is 17.5 Å². The highest BCUT2D eigenvalue weighted by atomic mass is 15.0. The van der Waals surface area contributed by atoms with Crippen molar-refractivity contribution in [2.75, 3.05) is 0 Å². The number of benzene rings is 11. The molecule has 12 rings (SSSR count). The Bertz CT molecular complexity index is 3890. The Morgan fingerprint density at radius 2 is 0.727 bits per heavy atom. The van der Waals surface area contributed by atoms with E-state index in [1.807, 2.05) is 42.5 Å². The summed E-state index contributed by atoms with van der Waals surface area (Å²) in [5.41, 5.74) is 11.8. The summed E-state index contributed by atoms with van der Waals surface area (Å²) >= 11 is 0. The summed E-state index contributed by atoms with van der Waals surface area (Å²) < 4.78 is 0. The molecule has 11 aromatic carbocycles. The van der Waals surface area contributed by atoms with E-state index in [9.17, 15) is 5.26 Å². The average Bonchev–Trinajstić information content (AvgIpc) is 3.40. The van der Waals surface area contributed by atoms with Crippen molar-refractivity contribution in [1.82, 2.24) is 15.0 Å². The van der Waals surface area contributed by atoms with E-state index < -0.39 is 0 Å². The molecule has 1 heterocycles. The molecule has 0 saturated carbocycles. The van der Waals surface area contributed by atoms with Crippen molar-refractivity contribution in [3.63, 3.8) is 0 Å². The monoisotopic (exact) mass is 838 g/mol. The molecule has 0 saturated heterocycles. The van der Waals surface area contributed by atoms with Crippen LogP contribution < -0.4 is 0 Å². The molecule has 66 heavy (non-hydrogen) atoms. The van der Waals surface area contributed by atoms with Crippen molar-refractivity contribution < 1.29 is 0 Å². The Morgan fingerprint density at radius 1 is 0.258 bits per heavy atom. The molecule has 0 amide bonds. The zero-order chi connectivity index (χ0) is 44.0. The van der Waals surface area contributed by atoms with Gasteiger partial charge in [0.1, 0.15) is 0 Å². The van der Waals surface area contributed by atoms with Gasteiger partial charge in [0, 0.05) is 22.3 Å². The zero-order valence-electron chi connectivity index (χ0n) is 35.7. The zero-order valence-corrected chi connectivity index (χ0v) is 35.7. The van der Waals surface area contributed by atoms with Crippen LogP contribution in [-0.4, -0.2) is 15.0 Å². The van der Waals surface area contributed by atoms with E-state index in [0.717, 1.165) is 72.0 Å². The van der Waals surface area contributed by atoms with Gasteiger partial charge in [-0.2, -0.15) is 5.26 Å². The minimum atomic E-state index is 0.603. The van der Waals surface area contributed by atoms with E-state index >= 15 is 0 Å². The second-order valence-electron chi connectivity index (χ2n) is 16.7. The highest BCUT2D eigenvalue weighted by Crippen LogP contribution is 2.37. The molecule has 0 radical (unpaired) electrons. The van der Waals surface area contributed by atoms with Crippen molar-refractivity contribution in [3.8, 4) is 84.7 Å².